The molecule has 0 bridgehead atoms. The zero-order valence-electron chi connectivity index (χ0n) is 10.6. The number of carbonyl (C=O) groups excluding carboxylic acids is 1. The largest absolute Gasteiger partial charge is 0.317 e. The molecule has 0 aliphatic heterocycles. The van der Waals surface area contributed by atoms with E-state index in [1.165, 1.54) is 6.07 Å². The van der Waals surface area contributed by atoms with E-state index in [4.69, 9.17) is 0 Å². The number of hydrogen-bond acceptors (Lipinski definition) is 1. The van der Waals surface area contributed by atoms with Crippen molar-refractivity contribution in [2.45, 2.75) is 6.92 Å². The van der Waals surface area contributed by atoms with Crippen molar-refractivity contribution in [2.75, 3.05) is 5.32 Å². The molecule has 2 rings (SSSR count). The monoisotopic (exact) mass is 361 g/mol. The first-order valence-electron chi connectivity index (χ1n) is 5.71. The Labute approximate surface area is 125 Å². The van der Waals surface area contributed by atoms with Crippen LogP contribution in [0.15, 0.2) is 28.7 Å². The maximum atomic E-state index is 13.5. The van der Waals surface area contributed by atoms with Gasteiger partial charge in [0, 0.05) is 10.5 Å². The Bertz CT molecular complexity index is 707. The summed E-state index contributed by atoms with van der Waals surface area (Å²) in [6, 6.07) is 4.72. The molecule has 0 saturated carbocycles. The first-order chi connectivity index (χ1) is 9.81. The molecule has 0 atom stereocenters. The Balaban J connectivity index is 2.41. The quantitative estimate of drug-likeness (QED) is 0.616. The second-order valence-electron chi connectivity index (χ2n) is 4.28. The standard InChI is InChI=1S/C14H8BrF4NO/c1-6-2-3-7(8(15)4-6)14(21)20-13-11(18)9(16)5-10(17)12(13)19/h2-5H,1H3,(H,20,21). The molecule has 7 heteroatoms. The van der Waals surface area contributed by atoms with Gasteiger partial charge in [0.15, 0.2) is 23.3 Å². The summed E-state index contributed by atoms with van der Waals surface area (Å²) < 4.78 is 53.5. The van der Waals surface area contributed by atoms with Crippen molar-refractivity contribution in [3.05, 3.63) is 63.1 Å². The third kappa shape index (κ3) is 3.07. The maximum absolute atomic E-state index is 13.5. The van der Waals surface area contributed by atoms with Gasteiger partial charge in [-0.25, -0.2) is 17.6 Å². The van der Waals surface area contributed by atoms with E-state index in [2.05, 4.69) is 15.9 Å². The van der Waals surface area contributed by atoms with Gasteiger partial charge in [-0.3, -0.25) is 4.79 Å². The van der Waals surface area contributed by atoms with Crippen molar-refractivity contribution < 1.29 is 22.4 Å². The fourth-order valence-electron chi connectivity index (χ4n) is 1.67. The van der Waals surface area contributed by atoms with Crippen molar-refractivity contribution >= 4 is 27.5 Å². The number of anilines is 1. The number of carbonyl (C=O) groups is 1. The van der Waals surface area contributed by atoms with Crippen LogP contribution in [0, 0.1) is 30.2 Å². The van der Waals surface area contributed by atoms with Gasteiger partial charge >= 0.3 is 0 Å². The lowest BCUT2D eigenvalue weighted by Crippen LogP contribution is -2.16. The third-order valence-electron chi connectivity index (χ3n) is 2.72. The summed E-state index contributed by atoms with van der Waals surface area (Å²) >= 11 is 3.13. The van der Waals surface area contributed by atoms with Gasteiger partial charge in [-0.1, -0.05) is 6.07 Å². The van der Waals surface area contributed by atoms with Crippen LogP contribution in [0.1, 0.15) is 15.9 Å². The molecular weight excluding hydrogens is 354 g/mol. The molecule has 21 heavy (non-hydrogen) atoms. The third-order valence-corrected chi connectivity index (χ3v) is 3.38. The van der Waals surface area contributed by atoms with Crippen molar-refractivity contribution in [1.29, 1.82) is 0 Å². The normalized spacial score (nSPS) is 10.6. The molecule has 0 radical (unpaired) electrons. The SMILES string of the molecule is Cc1ccc(C(=O)Nc2c(F)c(F)cc(F)c2F)c(Br)c1. The molecule has 2 nitrogen and oxygen atoms in total. The number of nitrogens with one attached hydrogen (secondary N) is 1. The van der Waals surface area contributed by atoms with Crippen LogP contribution < -0.4 is 5.32 Å². The second-order valence-corrected chi connectivity index (χ2v) is 5.13. The molecular formula is C14H8BrF4NO. The van der Waals surface area contributed by atoms with Gasteiger partial charge in [0.25, 0.3) is 5.91 Å². The van der Waals surface area contributed by atoms with E-state index < -0.39 is 34.9 Å². The molecule has 0 unspecified atom stereocenters. The van der Waals surface area contributed by atoms with Gasteiger partial charge in [0.2, 0.25) is 0 Å². The van der Waals surface area contributed by atoms with Gasteiger partial charge in [-0.15, -0.1) is 0 Å². The number of hydrogen-bond donors (Lipinski definition) is 1. The van der Waals surface area contributed by atoms with Crippen LogP contribution in [0.4, 0.5) is 23.2 Å². The molecule has 0 saturated heterocycles. The summed E-state index contributed by atoms with van der Waals surface area (Å²) in [5.74, 6) is -7.40. The molecule has 0 spiro atoms. The van der Waals surface area contributed by atoms with Crippen LogP contribution >= 0.6 is 15.9 Å². The Morgan fingerprint density at radius 2 is 1.62 bits per heavy atom. The summed E-state index contributed by atoms with van der Waals surface area (Å²) in [6.07, 6.45) is 0. The smallest absolute Gasteiger partial charge is 0.256 e. The fourth-order valence-corrected chi connectivity index (χ4v) is 2.34. The molecule has 1 amide bonds. The van der Waals surface area contributed by atoms with Gasteiger partial charge in [0.1, 0.15) is 5.69 Å². The lowest BCUT2D eigenvalue weighted by molar-refractivity contribution is 0.102. The Hall–Kier alpha value is -1.89. The van der Waals surface area contributed by atoms with E-state index in [1.54, 1.807) is 19.1 Å². The Morgan fingerprint density at radius 3 is 2.14 bits per heavy atom. The Kier molecular flexibility index (Phi) is 4.32. The predicted molar refractivity (Wildman–Crippen MR) is 73.1 cm³/mol. The van der Waals surface area contributed by atoms with Crippen LogP contribution in [0.2, 0.25) is 0 Å². The van der Waals surface area contributed by atoms with Gasteiger partial charge in [-0.2, -0.15) is 0 Å². The minimum absolute atomic E-state index is 0.0715. The molecule has 110 valence electrons. The molecule has 0 aromatic heterocycles. The molecule has 0 aliphatic rings. The molecule has 1 N–H and O–H groups in total. The second kappa shape index (κ2) is 5.85. The van der Waals surface area contributed by atoms with Crippen LogP contribution in [0.3, 0.4) is 0 Å². The van der Waals surface area contributed by atoms with E-state index in [0.717, 1.165) is 5.56 Å². The van der Waals surface area contributed by atoms with Crippen molar-refractivity contribution in [2.24, 2.45) is 0 Å². The number of aryl methyl sites for hydroxylation is 1. The maximum Gasteiger partial charge on any atom is 0.256 e. The van der Waals surface area contributed by atoms with Crippen LogP contribution in [-0.2, 0) is 0 Å². The highest BCUT2D eigenvalue weighted by atomic mass is 79.9. The number of benzene rings is 2. The minimum atomic E-state index is -1.66. The lowest BCUT2D eigenvalue weighted by Gasteiger charge is -2.10. The highest BCUT2D eigenvalue weighted by Gasteiger charge is 2.22. The van der Waals surface area contributed by atoms with Crippen LogP contribution in [0.25, 0.3) is 0 Å². The van der Waals surface area contributed by atoms with E-state index in [1.807, 2.05) is 5.32 Å². The molecule has 0 aliphatic carbocycles. The highest BCUT2D eigenvalue weighted by molar-refractivity contribution is 9.10. The zero-order valence-corrected chi connectivity index (χ0v) is 12.2. The van der Waals surface area contributed by atoms with Crippen molar-refractivity contribution in [1.82, 2.24) is 0 Å². The van der Waals surface area contributed by atoms with E-state index in [0.29, 0.717) is 4.47 Å². The summed E-state index contributed by atoms with van der Waals surface area (Å²) in [5.41, 5.74) is -0.235. The van der Waals surface area contributed by atoms with E-state index in [-0.39, 0.29) is 11.6 Å². The molecule has 0 heterocycles. The molecule has 2 aromatic rings. The van der Waals surface area contributed by atoms with Gasteiger partial charge in [-0.05, 0) is 40.5 Å². The minimum Gasteiger partial charge on any atom is -0.317 e. The lowest BCUT2D eigenvalue weighted by atomic mass is 10.1. The molecule has 2 aromatic carbocycles. The predicted octanol–water partition coefficient (Wildman–Crippen LogP) is 4.57. The van der Waals surface area contributed by atoms with E-state index >= 15 is 0 Å². The first kappa shape index (κ1) is 15.5. The first-order valence-corrected chi connectivity index (χ1v) is 6.51. The van der Waals surface area contributed by atoms with Gasteiger partial charge in [0.05, 0.1) is 5.56 Å². The number of halogens is 5. The zero-order chi connectivity index (χ0) is 15.7. The summed E-state index contributed by atoms with van der Waals surface area (Å²) in [6.45, 7) is 1.79. The Morgan fingerprint density at radius 1 is 1.05 bits per heavy atom. The number of rotatable bonds is 2. The van der Waals surface area contributed by atoms with Crippen LogP contribution in [0.5, 0.6) is 0 Å². The topological polar surface area (TPSA) is 29.1 Å². The van der Waals surface area contributed by atoms with Crippen molar-refractivity contribution in [3.63, 3.8) is 0 Å². The average molecular weight is 362 g/mol. The summed E-state index contributed by atoms with van der Waals surface area (Å²) in [5, 5.41) is 1.84. The van der Waals surface area contributed by atoms with Crippen molar-refractivity contribution in [3.8, 4) is 0 Å². The fraction of sp³-hybridized carbons (Fsp3) is 0.0714. The molecule has 0 fully saturated rings. The average Bonchev–Trinajstić information content (AvgIpc) is 2.41. The van der Waals surface area contributed by atoms with Gasteiger partial charge < -0.3 is 5.32 Å². The van der Waals surface area contributed by atoms with E-state index in [9.17, 15) is 22.4 Å². The van der Waals surface area contributed by atoms with Crippen LogP contribution in [-0.4, -0.2) is 5.91 Å². The summed E-state index contributed by atoms with van der Waals surface area (Å²) in [7, 11) is 0. The summed E-state index contributed by atoms with van der Waals surface area (Å²) in [4.78, 5) is 12.0. The number of amides is 1. The highest BCUT2D eigenvalue weighted by Crippen LogP contribution is 2.26.